The Hall–Kier alpha value is -1.46. The minimum Gasteiger partial charge on any atom is -0.355 e. The smallest absolute Gasteiger partial charge is 0.242 e. The van der Waals surface area contributed by atoms with Crippen molar-refractivity contribution in [3.63, 3.8) is 0 Å². The number of carbonyl (C=O) groups excluding carboxylic acids is 2. The molecule has 0 aliphatic rings. The van der Waals surface area contributed by atoms with E-state index in [1.165, 1.54) is 4.90 Å². The van der Waals surface area contributed by atoms with Gasteiger partial charge in [0, 0.05) is 38.7 Å². The van der Waals surface area contributed by atoms with Gasteiger partial charge in [0.05, 0.1) is 6.42 Å². The van der Waals surface area contributed by atoms with Crippen molar-refractivity contribution in [1.82, 2.24) is 10.2 Å². The third-order valence-electron chi connectivity index (χ3n) is 4.30. The Morgan fingerprint density at radius 3 is 1.86 bits per heavy atom. The molecule has 0 aromatic heterocycles. The zero-order valence-electron chi connectivity index (χ0n) is 15.4. The standard InChI is InChI=1S/C20H20Cl4N2O2/c1-3-25-20(28)12(2)26(11-14-17(23)8-5-9-18(14)24)19(27)10-13-15(21)6-4-7-16(13)22/h4-9,12H,3,10-11H2,1-2H3,(H,25,28)/t12-/m1/s1. The molecule has 0 bridgehead atoms. The van der Waals surface area contributed by atoms with Gasteiger partial charge >= 0.3 is 0 Å². The quantitative estimate of drug-likeness (QED) is 0.600. The van der Waals surface area contributed by atoms with Crippen molar-refractivity contribution >= 4 is 58.2 Å². The molecule has 0 unspecified atom stereocenters. The first-order valence-electron chi connectivity index (χ1n) is 8.69. The first-order valence-corrected chi connectivity index (χ1v) is 10.2. The average Bonchev–Trinajstić information content (AvgIpc) is 2.64. The lowest BCUT2D eigenvalue weighted by Gasteiger charge is -2.29. The number of likely N-dealkylation sites (N-methyl/N-ethyl adjacent to an activating group) is 1. The van der Waals surface area contributed by atoms with Crippen LogP contribution in [0.5, 0.6) is 0 Å². The summed E-state index contributed by atoms with van der Waals surface area (Å²) in [6.07, 6.45) is -0.0513. The number of rotatable bonds is 7. The largest absolute Gasteiger partial charge is 0.355 e. The van der Waals surface area contributed by atoms with Crippen molar-refractivity contribution in [2.24, 2.45) is 0 Å². The van der Waals surface area contributed by atoms with E-state index in [0.717, 1.165) is 0 Å². The van der Waals surface area contributed by atoms with Crippen LogP contribution in [0.15, 0.2) is 36.4 Å². The highest BCUT2D eigenvalue weighted by Gasteiger charge is 2.28. The predicted molar refractivity (Wildman–Crippen MR) is 115 cm³/mol. The van der Waals surface area contributed by atoms with Crippen molar-refractivity contribution in [2.75, 3.05) is 6.54 Å². The molecule has 28 heavy (non-hydrogen) atoms. The van der Waals surface area contributed by atoms with Crippen molar-refractivity contribution < 1.29 is 9.59 Å². The summed E-state index contributed by atoms with van der Waals surface area (Å²) in [4.78, 5) is 27.0. The first-order chi connectivity index (χ1) is 13.3. The third kappa shape index (κ3) is 5.54. The lowest BCUT2D eigenvalue weighted by atomic mass is 10.1. The minimum atomic E-state index is -0.735. The van der Waals surface area contributed by atoms with Crippen molar-refractivity contribution in [3.8, 4) is 0 Å². The molecule has 0 saturated heterocycles. The molecule has 0 radical (unpaired) electrons. The Balaban J connectivity index is 2.37. The second-order valence-electron chi connectivity index (χ2n) is 6.17. The molecule has 0 aliphatic heterocycles. The van der Waals surface area contributed by atoms with Gasteiger partial charge in [-0.3, -0.25) is 9.59 Å². The van der Waals surface area contributed by atoms with E-state index < -0.39 is 6.04 Å². The van der Waals surface area contributed by atoms with Crippen molar-refractivity contribution in [3.05, 3.63) is 67.6 Å². The van der Waals surface area contributed by atoms with E-state index in [1.54, 1.807) is 43.3 Å². The highest BCUT2D eigenvalue weighted by atomic mass is 35.5. The topological polar surface area (TPSA) is 49.4 Å². The number of amides is 2. The summed E-state index contributed by atoms with van der Waals surface area (Å²) in [6.45, 7) is 4.00. The van der Waals surface area contributed by atoms with Crippen LogP contribution in [0.4, 0.5) is 0 Å². The fraction of sp³-hybridized carbons (Fsp3) is 0.300. The molecule has 1 atom stereocenters. The van der Waals surface area contributed by atoms with Crippen LogP contribution in [0, 0.1) is 0 Å². The van der Waals surface area contributed by atoms with E-state index in [9.17, 15) is 9.59 Å². The summed E-state index contributed by atoms with van der Waals surface area (Å²) in [5, 5.41) is 4.35. The maximum atomic E-state index is 13.1. The monoisotopic (exact) mass is 460 g/mol. The molecule has 2 aromatic carbocycles. The molecule has 0 aliphatic carbocycles. The van der Waals surface area contributed by atoms with E-state index in [1.807, 2.05) is 6.92 Å². The van der Waals surface area contributed by atoms with E-state index in [4.69, 9.17) is 46.4 Å². The second-order valence-corrected chi connectivity index (χ2v) is 7.80. The highest BCUT2D eigenvalue weighted by Crippen LogP contribution is 2.29. The fourth-order valence-corrected chi connectivity index (χ4v) is 3.76. The minimum absolute atomic E-state index is 0.0513. The Morgan fingerprint density at radius 1 is 0.929 bits per heavy atom. The second kappa shape index (κ2) is 10.4. The Morgan fingerprint density at radius 2 is 1.39 bits per heavy atom. The SMILES string of the molecule is CCNC(=O)[C@@H](C)N(Cc1c(Cl)cccc1Cl)C(=O)Cc1c(Cl)cccc1Cl. The van der Waals surface area contributed by atoms with E-state index in [0.29, 0.717) is 37.8 Å². The molecule has 2 amide bonds. The number of carbonyl (C=O) groups is 2. The number of halogens is 4. The zero-order chi connectivity index (χ0) is 20.8. The summed E-state index contributed by atoms with van der Waals surface area (Å²) < 4.78 is 0. The van der Waals surface area contributed by atoms with Gasteiger partial charge < -0.3 is 10.2 Å². The average molecular weight is 462 g/mol. The molecule has 4 nitrogen and oxygen atoms in total. The van der Waals surface area contributed by atoms with Gasteiger partial charge in [-0.1, -0.05) is 58.5 Å². The molecular formula is C20H20Cl4N2O2. The van der Waals surface area contributed by atoms with Crippen LogP contribution in [-0.4, -0.2) is 29.3 Å². The van der Waals surface area contributed by atoms with Crippen molar-refractivity contribution in [2.45, 2.75) is 32.9 Å². The van der Waals surface area contributed by atoms with Gasteiger partial charge in [0.2, 0.25) is 11.8 Å². The number of nitrogens with zero attached hydrogens (tertiary/aromatic N) is 1. The molecule has 0 saturated carbocycles. The molecule has 2 rings (SSSR count). The van der Waals surface area contributed by atoms with Crippen LogP contribution in [0.2, 0.25) is 20.1 Å². The molecular weight excluding hydrogens is 442 g/mol. The van der Waals surface area contributed by atoms with Crippen LogP contribution in [0.25, 0.3) is 0 Å². The first kappa shape index (κ1) is 22.8. The molecule has 0 spiro atoms. The van der Waals surface area contributed by atoms with Gasteiger partial charge in [0.25, 0.3) is 0 Å². The summed E-state index contributed by atoms with van der Waals surface area (Å²) in [7, 11) is 0. The highest BCUT2D eigenvalue weighted by molar-refractivity contribution is 6.36. The molecule has 150 valence electrons. The van der Waals surface area contributed by atoms with E-state index in [-0.39, 0.29) is 24.8 Å². The van der Waals surface area contributed by atoms with Gasteiger partial charge in [0.15, 0.2) is 0 Å². The van der Waals surface area contributed by atoms with Gasteiger partial charge in [-0.2, -0.15) is 0 Å². The van der Waals surface area contributed by atoms with Crippen molar-refractivity contribution in [1.29, 1.82) is 0 Å². The molecule has 8 heteroatoms. The molecule has 1 N–H and O–H groups in total. The Kier molecular flexibility index (Phi) is 8.44. The summed E-state index contributed by atoms with van der Waals surface area (Å²) in [5.41, 5.74) is 1.08. The maximum Gasteiger partial charge on any atom is 0.242 e. The summed E-state index contributed by atoms with van der Waals surface area (Å²) >= 11 is 24.9. The molecule has 0 heterocycles. The lowest BCUT2D eigenvalue weighted by molar-refractivity contribution is -0.140. The predicted octanol–water partition coefficient (Wildman–Crippen LogP) is 5.40. The third-order valence-corrected chi connectivity index (χ3v) is 5.71. The summed E-state index contributed by atoms with van der Waals surface area (Å²) in [6, 6.07) is 9.40. The maximum absolute atomic E-state index is 13.1. The van der Waals surface area contributed by atoms with E-state index in [2.05, 4.69) is 5.32 Å². The zero-order valence-corrected chi connectivity index (χ0v) is 18.5. The number of hydrogen-bond donors (Lipinski definition) is 1. The number of benzene rings is 2. The normalized spacial score (nSPS) is 11.8. The van der Waals surface area contributed by atoms with Gasteiger partial charge in [-0.25, -0.2) is 0 Å². The van der Waals surface area contributed by atoms with Gasteiger partial charge in [-0.15, -0.1) is 0 Å². The van der Waals surface area contributed by atoms with Gasteiger partial charge in [-0.05, 0) is 43.7 Å². The van der Waals surface area contributed by atoms with Crippen LogP contribution < -0.4 is 5.32 Å². The molecule has 2 aromatic rings. The van der Waals surface area contributed by atoms with Crippen LogP contribution >= 0.6 is 46.4 Å². The Bertz CT molecular complexity index is 833. The van der Waals surface area contributed by atoms with Crippen LogP contribution in [0.1, 0.15) is 25.0 Å². The Labute approximate surface area is 184 Å². The lowest BCUT2D eigenvalue weighted by Crippen LogP contribution is -2.48. The van der Waals surface area contributed by atoms with Gasteiger partial charge in [0.1, 0.15) is 6.04 Å². The number of hydrogen-bond acceptors (Lipinski definition) is 2. The van der Waals surface area contributed by atoms with E-state index >= 15 is 0 Å². The van der Waals surface area contributed by atoms with Crippen LogP contribution in [-0.2, 0) is 22.6 Å². The molecule has 0 fully saturated rings. The number of nitrogens with one attached hydrogen (secondary N) is 1. The summed E-state index contributed by atoms with van der Waals surface area (Å²) in [5.74, 6) is -0.589. The fourth-order valence-electron chi connectivity index (χ4n) is 2.71. The van der Waals surface area contributed by atoms with Crippen LogP contribution in [0.3, 0.4) is 0 Å².